The number of nitrogens with zero attached hydrogens (tertiary/aromatic N) is 2. The number of aromatic nitrogens is 1. The minimum Gasteiger partial charge on any atom is -0.378 e. The van der Waals surface area contributed by atoms with Crippen molar-refractivity contribution in [2.45, 2.75) is 0 Å². The van der Waals surface area contributed by atoms with Gasteiger partial charge in [0, 0.05) is 39.2 Å². The van der Waals surface area contributed by atoms with Crippen LogP contribution in [0.1, 0.15) is 11.1 Å². The highest BCUT2D eigenvalue weighted by molar-refractivity contribution is 5.70. The molecule has 0 bridgehead atoms. The van der Waals surface area contributed by atoms with Crippen LogP contribution >= 0.6 is 0 Å². The number of anilines is 1. The summed E-state index contributed by atoms with van der Waals surface area (Å²) in [6.45, 7) is 0. The third kappa shape index (κ3) is 3.00. The molecule has 0 aliphatic carbocycles. The standard InChI is InChI=1S/C15H18N2/c1-16(2)15-8-6-13(7-9-15)4-5-14-10-11-17(3)12-14/h4-12H,1-3H3/b5-4+. The summed E-state index contributed by atoms with van der Waals surface area (Å²) in [5.74, 6) is 0. The van der Waals surface area contributed by atoms with Gasteiger partial charge in [-0.3, -0.25) is 0 Å². The van der Waals surface area contributed by atoms with Crippen LogP contribution in [0.4, 0.5) is 5.69 Å². The van der Waals surface area contributed by atoms with Crippen molar-refractivity contribution in [2.75, 3.05) is 19.0 Å². The second kappa shape index (κ2) is 4.91. The zero-order chi connectivity index (χ0) is 12.3. The Morgan fingerprint density at radius 2 is 1.59 bits per heavy atom. The van der Waals surface area contributed by atoms with Crippen LogP contribution in [0.15, 0.2) is 42.7 Å². The predicted octanol–water partition coefficient (Wildman–Crippen LogP) is 3.26. The highest BCUT2D eigenvalue weighted by Gasteiger charge is 1.94. The minimum absolute atomic E-state index is 1.22. The van der Waals surface area contributed by atoms with Gasteiger partial charge in [0.2, 0.25) is 0 Å². The molecule has 0 aliphatic heterocycles. The summed E-state index contributed by atoms with van der Waals surface area (Å²) in [5, 5.41) is 0. The van der Waals surface area contributed by atoms with Gasteiger partial charge >= 0.3 is 0 Å². The first-order valence-electron chi connectivity index (χ1n) is 5.72. The van der Waals surface area contributed by atoms with E-state index >= 15 is 0 Å². The van der Waals surface area contributed by atoms with Crippen molar-refractivity contribution < 1.29 is 0 Å². The summed E-state index contributed by atoms with van der Waals surface area (Å²) in [5.41, 5.74) is 3.67. The summed E-state index contributed by atoms with van der Waals surface area (Å²) in [7, 11) is 6.13. The van der Waals surface area contributed by atoms with E-state index in [1.54, 1.807) is 0 Å². The quantitative estimate of drug-likeness (QED) is 0.780. The van der Waals surface area contributed by atoms with Crippen LogP contribution in [0.3, 0.4) is 0 Å². The van der Waals surface area contributed by atoms with E-state index in [1.807, 2.05) is 7.05 Å². The Bertz CT molecular complexity index is 504. The Morgan fingerprint density at radius 1 is 0.941 bits per heavy atom. The van der Waals surface area contributed by atoms with Crippen molar-refractivity contribution in [1.29, 1.82) is 0 Å². The van der Waals surface area contributed by atoms with Crippen LogP contribution in [0, 0.1) is 0 Å². The first kappa shape index (κ1) is 11.5. The van der Waals surface area contributed by atoms with Gasteiger partial charge in [-0.05, 0) is 29.3 Å². The highest BCUT2D eigenvalue weighted by atomic mass is 15.1. The molecule has 0 saturated carbocycles. The number of rotatable bonds is 3. The molecule has 1 heterocycles. The fourth-order valence-electron chi connectivity index (χ4n) is 1.70. The normalized spacial score (nSPS) is 11.0. The largest absolute Gasteiger partial charge is 0.378 e. The Balaban J connectivity index is 2.11. The lowest BCUT2D eigenvalue weighted by molar-refractivity contribution is 0.927. The van der Waals surface area contributed by atoms with Crippen molar-refractivity contribution in [3.63, 3.8) is 0 Å². The van der Waals surface area contributed by atoms with Gasteiger partial charge in [-0.25, -0.2) is 0 Å². The molecular weight excluding hydrogens is 208 g/mol. The molecule has 2 aromatic rings. The zero-order valence-corrected chi connectivity index (χ0v) is 10.6. The Morgan fingerprint density at radius 3 is 2.12 bits per heavy atom. The second-order valence-electron chi connectivity index (χ2n) is 4.43. The molecule has 2 nitrogen and oxygen atoms in total. The fraction of sp³-hybridized carbons (Fsp3) is 0.200. The molecule has 0 spiro atoms. The number of hydrogen-bond acceptors (Lipinski definition) is 1. The molecule has 0 unspecified atom stereocenters. The molecule has 0 saturated heterocycles. The number of aryl methyl sites for hydroxylation is 1. The van der Waals surface area contributed by atoms with Gasteiger partial charge in [0.25, 0.3) is 0 Å². The van der Waals surface area contributed by atoms with Gasteiger partial charge in [-0.15, -0.1) is 0 Å². The minimum atomic E-state index is 1.22. The third-order valence-corrected chi connectivity index (χ3v) is 2.73. The third-order valence-electron chi connectivity index (χ3n) is 2.73. The molecule has 0 amide bonds. The van der Waals surface area contributed by atoms with Gasteiger partial charge in [0.1, 0.15) is 0 Å². The molecule has 0 radical (unpaired) electrons. The lowest BCUT2D eigenvalue weighted by Gasteiger charge is -2.11. The Kier molecular flexibility index (Phi) is 3.33. The van der Waals surface area contributed by atoms with E-state index in [9.17, 15) is 0 Å². The van der Waals surface area contributed by atoms with Crippen LogP contribution in [-0.4, -0.2) is 18.7 Å². The van der Waals surface area contributed by atoms with Gasteiger partial charge in [-0.1, -0.05) is 24.3 Å². The average molecular weight is 226 g/mol. The van der Waals surface area contributed by atoms with Crippen LogP contribution in [0.5, 0.6) is 0 Å². The Labute approximate surface area is 103 Å². The maximum atomic E-state index is 2.13. The molecule has 2 rings (SSSR count). The monoisotopic (exact) mass is 226 g/mol. The molecule has 0 fully saturated rings. The van der Waals surface area contributed by atoms with E-state index < -0.39 is 0 Å². The van der Waals surface area contributed by atoms with Crippen LogP contribution in [0.2, 0.25) is 0 Å². The van der Waals surface area contributed by atoms with Crippen molar-refractivity contribution in [2.24, 2.45) is 7.05 Å². The molecule has 1 aromatic heterocycles. The number of hydrogen-bond donors (Lipinski definition) is 0. The van der Waals surface area contributed by atoms with Gasteiger partial charge < -0.3 is 9.47 Å². The predicted molar refractivity (Wildman–Crippen MR) is 75.1 cm³/mol. The maximum Gasteiger partial charge on any atom is 0.0361 e. The summed E-state index contributed by atoms with van der Waals surface area (Å²) in [6, 6.07) is 10.6. The van der Waals surface area contributed by atoms with E-state index in [0.717, 1.165) is 0 Å². The molecule has 88 valence electrons. The smallest absolute Gasteiger partial charge is 0.0361 e. The summed E-state index contributed by atoms with van der Waals surface area (Å²) in [4.78, 5) is 2.10. The molecule has 17 heavy (non-hydrogen) atoms. The van der Waals surface area contributed by atoms with Crippen LogP contribution in [-0.2, 0) is 7.05 Å². The summed E-state index contributed by atoms with van der Waals surface area (Å²) >= 11 is 0. The fourth-order valence-corrected chi connectivity index (χ4v) is 1.70. The van der Waals surface area contributed by atoms with Crippen molar-refractivity contribution in [1.82, 2.24) is 4.57 Å². The molecule has 2 heteroatoms. The molecule has 0 atom stereocenters. The molecule has 1 aromatic carbocycles. The van der Waals surface area contributed by atoms with E-state index in [0.29, 0.717) is 0 Å². The summed E-state index contributed by atoms with van der Waals surface area (Å²) < 4.78 is 2.05. The van der Waals surface area contributed by atoms with Gasteiger partial charge in [0.15, 0.2) is 0 Å². The highest BCUT2D eigenvalue weighted by Crippen LogP contribution is 2.14. The van der Waals surface area contributed by atoms with Crippen LogP contribution < -0.4 is 4.90 Å². The second-order valence-corrected chi connectivity index (χ2v) is 4.43. The Hall–Kier alpha value is -1.96. The average Bonchev–Trinajstić information content (AvgIpc) is 2.73. The van der Waals surface area contributed by atoms with Gasteiger partial charge in [-0.2, -0.15) is 0 Å². The lowest BCUT2D eigenvalue weighted by Crippen LogP contribution is -2.07. The van der Waals surface area contributed by atoms with E-state index in [1.165, 1.54) is 16.8 Å². The SMILES string of the molecule is CN(C)c1ccc(/C=C/c2ccn(C)c2)cc1. The van der Waals surface area contributed by atoms with E-state index in [-0.39, 0.29) is 0 Å². The maximum absolute atomic E-state index is 2.13. The molecule has 0 aliphatic rings. The first-order chi connectivity index (χ1) is 8.15. The first-order valence-corrected chi connectivity index (χ1v) is 5.72. The topological polar surface area (TPSA) is 8.17 Å². The summed E-state index contributed by atoms with van der Waals surface area (Å²) in [6.07, 6.45) is 8.42. The van der Waals surface area contributed by atoms with E-state index in [2.05, 4.69) is 78.4 Å². The van der Waals surface area contributed by atoms with Crippen LogP contribution in [0.25, 0.3) is 12.2 Å². The molecular formula is C15H18N2. The van der Waals surface area contributed by atoms with Crippen molar-refractivity contribution >= 4 is 17.8 Å². The van der Waals surface area contributed by atoms with E-state index in [4.69, 9.17) is 0 Å². The lowest BCUT2D eigenvalue weighted by atomic mass is 10.1. The van der Waals surface area contributed by atoms with Crippen molar-refractivity contribution in [3.8, 4) is 0 Å². The number of benzene rings is 1. The van der Waals surface area contributed by atoms with Crippen molar-refractivity contribution in [3.05, 3.63) is 53.9 Å². The molecule has 0 N–H and O–H groups in total. The zero-order valence-electron chi connectivity index (χ0n) is 10.6. The van der Waals surface area contributed by atoms with Gasteiger partial charge in [0.05, 0.1) is 0 Å².